The van der Waals surface area contributed by atoms with Crippen LogP contribution in [0.3, 0.4) is 0 Å². The third kappa shape index (κ3) is 8.86. The van der Waals surface area contributed by atoms with Gasteiger partial charge in [0.15, 0.2) is 11.5 Å². The number of hydrogen-bond acceptors (Lipinski definition) is 4. The Morgan fingerprint density at radius 1 is 0.889 bits per heavy atom. The smallest absolute Gasteiger partial charge is 0.180 e. The van der Waals surface area contributed by atoms with Gasteiger partial charge < -0.3 is 14.8 Å². The van der Waals surface area contributed by atoms with Crippen molar-refractivity contribution in [2.24, 2.45) is 0 Å². The van der Waals surface area contributed by atoms with Crippen molar-refractivity contribution in [1.29, 1.82) is 0 Å². The van der Waals surface area contributed by atoms with Crippen molar-refractivity contribution in [3.05, 3.63) is 94.0 Å². The molecule has 7 heteroatoms. The number of aryl methyl sites for hydroxylation is 1. The molecule has 1 heterocycles. The highest BCUT2D eigenvalue weighted by Crippen LogP contribution is 2.37. The number of likely N-dealkylation sites (tertiary alicyclic amines) is 1. The lowest BCUT2D eigenvalue weighted by molar-refractivity contribution is 0.190. The van der Waals surface area contributed by atoms with E-state index in [4.69, 9.17) is 21.1 Å². The molecule has 1 N–H and O–H groups in total. The van der Waals surface area contributed by atoms with E-state index in [1.807, 2.05) is 13.0 Å². The van der Waals surface area contributed by atoms with Crippen molar-refractivity contribution in [3.8, 4) is 11.5 Å². The highest BCUT2D eigenvalue weighted by molar-refractivity contribution is 6.32. The number of halogens is 3. The molecule has 0 amide bonds. The molecule has 0 unspecified atom stereocenters. The van der Waals surface area contributed by atoms with Gasteiger partial charge in [0.1, 0.15) is 6.61 Å². The number of nitrogens with zero attached hydrogens (tertiary/aromatic N) is 1. The average Bonchev–Trinajstić information content (AvgIpc) is 2.85. The Kier molecular flexibility index (Phi) is 12.9. The minimum atomic E-state index is 0. The molecule has 4 nitrogen and oxygen atoms in total. The summed E-state index contributed by atoms with van der Waals surface area (Å²) >= 11 is 6.64. The number of hydrogen-bond donors (Lipinski definition) is 1. The molecule has 0 atom stereocenters. The van der Waals surface area contributed by atoms with E-state index in [0.717, 1.165) is 50.1 Å². The monoisotopic (exact) mass is 550 g/mol. The van der Waals surface area contributed by atoms with E-state index in [-0.39, 0.29) is 24.8 Å². The lowest BCUT2D eigenvalue weighted by atomic mass is 10.0. The van der Waals surface area contributed by atoms with E-state index < -0.39 is 0 Å². The van der Waals surface area contributed by atoms with Crippen LogP contribution in [0.1, 0.15) is 42.0 Å². The van der Waals surface area contributed by atoms with Crippen molar-refractivity contribution in [3.63, 3.8) is 0 Å². The first-order chi connectivity index (χ1) is 16.6. The second-order valence-electron chi connectivity index (χ2n) is 9.03. The quantitative estimate of drug-likeness (QED) is 0.288. The molecule has 3 aromatic carbocycles. The molecule has 36 heavy (non-hydrogen) atoms. The summed E-state index contributed by atoms with van der Waals surface area (Å²) in [6.45, 7) is 9.10. The molecule has 1 saturated heterocycles. The first-order valence-electron chi connectivity index (χ1n) is 12.2. The van der Waals surface area contributed by atoms with E-state index in [0.29, 0.717) is 35.8 Å². The van der Waals surface area contributed by atoms with E-state index in [1.54, 1.807) is 0 Å². The first-order valence-corrected chi connectivity index (χ1v) is 12.6. The van der Waals surface area contributed by atoms with Gasteiger partial charge in [-0.3, -0.25) is 4.90 Å². The Morgan fingerprint density at radius 2 is 1.58 bits per heavy atom. The summed E-state index contributed by atoms with van der Waals surface area (Å²) in [5, 5.41) is 4.31. The maximum absolute atomic E-state index is 6.64. The number of nitrogens with one attached hydrogen (secondary N) is 1. The zero-order valence-electron chi connectivity index (χ0n) is 21.0. The summed E-state index contributed by atoms with van der Waals surface area (Å²) in [7, 11) is 0. The number of benzene rings is 3. The van der Waals surface area contributed by atoms with Crippen molar-refractivity contribution >= 4 is 36.4 Å². The zero-order chi connectivity index (χ0) is 23.8. The summed E-state index contributed by atoms with van der Waals surface area (Å²) in [5.41, 5.74) is 4.84. The Bertz CT molecular complexity index is 1040. The first kappa shape index (κ1) is 30.3. The van der Waals surface area contributed by atoms with Crippen LogP contribution in [0.15, 0.2) is 66.7 Å². The molecule has 0 aromatic heterocycles. The molecule has 1 aliphatic rings. The van der Waals surface area contributed by atoms with E-state index in [9.17, 15) is 0 Å². The minimum Gasteiger partial charge on any atom is -0.490 e. The fourth-order valence-electron chi connectivity index (χ4n) is 4.37. The summed E-state index contributed by atoms with van der Waals surface area (Å²) in [5.74, 6) is 1.32. The Balaban J connectivity index is 0.00000228. The van der Waals surface area contributed by atoms with Crippen LogP contribution >= 0.6 is 36.4 Å². The van der Waals surface area contributed by atoms with Crippen LogP contribution in [-0.2, 0) is 19.7 Å². The second kappa shape index (κ2) is 15.3. The van der Waals surface area contributed by atoms with E-state index in [1.165, 1.54) is 11.1 Å². The Hall–Kier alpha value is -1.95. The lowest BCUT2D eigenvalue weighted by Gasteiger charge is -2.32. The molecule has 3 aromatic rings. The fraction of sp³-hybridized carbons (Fsp3) is 0.379. The molecular formula is C29H37Cl3N2O2. The van der Waals surface area contributed by atoms with Gasteiger partial charge in [-0.05, 0) is 68.6 Å². The van der Waals surface area contributed by atoms with Crippen molar-refractivity contribution < 1.29 is 9.47 Å². The van der Waals surface area contributed by atoms with Crippen LogP contribution < -0.4 is 14.8 Å². The lowest BCUT2D eigenvalue weighted by Crippen LogP contribution is -2.41. The van der Waals surface area contributed by atoms with Gasteiger partial charge in [0, 0.05) is 19.1 Å². The normalized spacial score (nSPS) is 14.0. The van der Waals surface area contributed by atoms with Crippen LogP contribution in [0.2, 0.25) is 5.02 Å². The molecule has 0 bridgehead atoms. The minimum absolute atomic E-state index is 0. The Labute approximate surface area is 233 Å². The zero-order valence-corrected chi connectivity index (χ0v) is 23.4. The van der Waals surface area contributed by atoms with Crippen LogP contribution in [0.4, 0.5) is 0 Å². The van der Waals surface area contributed by atoms with E-state index in [2.05, 4.69) is 77.8 Å². The van der Waals surface area contributed by atoms with E-state index >= 15 is 0 Å². The average molecular weight is 552 g/mol. The molecule has 1 fully saturated rings. The van der Waals surface area contributed by atoms with Gasteiger partial charge in [-0.15, -0.1) is 24.8 Å². The third-order valence-corrected chi connectivity index (χ3v) is 6.59. The molecule has 0 radical (unpaired) electrons. The summed E-state index contributed by atoms with van der Waals surface area (Å²) in [4.78, 5) is 2.54. The molecule has 196 valence electrons. The number of rotatable bonds is 10. The van der Waals surface area contributed by atoms with Crippen molar-refractivity contribution in [2.75, 3.05) is 19.7 Å². The SMILES string of the molecule is CCOc1cc(CNC2CCN(Cc3ccccc3)CC2)cc(Cl)c1OCc1ccc(C)cc1.Cl.Cl. The van der Waals surface area contributed by atoms with Gasteiger partial charge >= 0.3 is 0 Å². The van der Waals surface area contributed by atoms with Crippen LogP contribution in [0.25, 0.3) is 0 Å². The molecule has 0 spiro atoms. The highest BCUT2D eigenvalue weighted by Gasteiger charge is 2.19. The van der Waals surface area contributed by atoms with Gasteiger partial charge in [-0.25, -0.2) is 0 Å². The summed E-state index contributed by atoms with van der Waals surface area (Å²) in [6, 6.07) is 23.6. The van der Waals surface area contributed by atoms with Gasteiger partial charge in [-0.1, -0.05) is 71.8 Å². The molecular weight excluding hydrogens is 515 g/mol. The molecule has 0 saturated carbocycles. The van der Waals surface area contributed by atoms with Crippen LogP contribution in [0.5, 0.6) is 11.5 Å². The van der Waals surface area contributed by atoms with Gasteiger partial charge in [-0.2, -0.15) is 0 Å². The third-order valence-electron chi connectivity index (χ3n) is 6.30. The second-order valence-corrected chi connectivity index (χ2v) is 9.44. The topological polar surface area (TPSA) is 33.7 Å². The van der Waals surface area contributed by atoms with Gasteiger partial charge in [0.2, 0.25) is 0 Å². The van der Waals surface area contributed by atoms with Gasteiger partial charge in [0.25, 0.3) is 0 Å². The fourth-order valence-corrected chi connectivity index (χ4v) is 4.65. The van der Waals surface area contributed by atoms with Crippen molar-refractivity contribution in [2.45, 2.75) is 52.4 Å². The van der Waals surface area contributed by atoms with Crippen molar-refractivity contribution in [1.82, 2.24) is 10.2 Å². The summed E-state index contributed by atoms with van der Waals surface area (Å²) in [6.07, 6.45) is 2.30. The standard InChI is InChI=1S/C29H35ClN2O2.2ClH/c1-3-33-28-18-25(17-27(30)29(28)34-21-24-11-9-22(2)10-12-24)19-31-26-13-15-32(16-14-26)20-23-7-5-4-6-8-23;;/h4-12,17-18,26,31H,3,13-16,19-21H2,1-2H3;2*1H. The predicted octanol–water partition coefficient (Wildman–Crippen LogP) is 7.22. The maximum atomic E-state index is 6.64. The highest BCUT2D eigenvalue weighted by atomic mass is 35.5. The van der Waals surface area contributed by atoms with Gasteiger partial charge in [0.05, 0.1) is 11.6 Å². The molecule has 4 rings (SSSR count). The molecule has 0 aliphatic carbocycles. The van der Waals surface area contributed by atoms with Crippen LogP contribution in [0, 0.1) is 6.92 Å². The maximum Gasteiger partial charge on any atom is 0.180 e. The number of piperidine rings is 1. The number of ether oxygens (including phenoxy) is 2. The largest absolute Gasteiger partial charge is 0.490 e. The Morgan fingerprint density at radius 3 is 2.25 bits per heavy atom. The predicted molar refractivity (Wildman–Crippen MR) is 154 cm³/mol. The summed E-state index contributed by atoms with van der Waals surface area (Å²) < 4.78 is 12.0. The molecule has 1 aliphatic heterocycles. The van der Waals surface area contributed by atoms with Crippen LogP contribution in [-0.4, -0.2) is 30.6 Å².